The van der Waals surface area contributed by atoms with Crippen LogP contribution in [0.2, 0.25) is 0 Å². The summed E-state index contributed by atoms with van der Waals surface area (Å²) in [5.74, 6) is -1.13. The van der Waals surface area contributed by atoms with Crippen LogP contribution in [0.5, 0.6) is 0 Å². The van der Waals surface area contributed by atoms with Crippen LogP contribution in [0.4, 0.5) is 0 Å². The molecule has 0 aliphatic heterocycles. The molecule has 0 amide bonds. The molecule has 10 nitrogen and oxygen atoms in total. The predicted octanol–water partition coefficient (Wildman–Crippen LogP) is 1.70. The summed E-state index contributed by atoms with van der Waals surface area (Å²) in [6.45, 7) is 2.12. The van der Waals surface area contributed by atoms with E-state index in [9.17, 15) is 9.90 Å². The number of aromatic nitrogens is 3. The molecule has 0 bridgehead atoms. The van der Waals surface area contributed by atoms with Gasteiger partial charge in [-0.25, -0.2) is 18.6 Å². The van der Waals surface area contributed by atoms with E-state index >= 15 is 0 Å². The summed E-state index contributed by atoms with van der Waals surface area (Å²) in [6.07, 6.45) is 1.84. The largest absolute Gasteiger partial charge is 3.00 e. The van der Waals surface area contributed by atoms with Gasteiger partial charge in [0.05, 0.1) is 34.4 Å². The fourth-order valence-corrected chi connectivity index (χ4v) is 4.60. The fourth-order valence-electron chi connectivity index (χ4n) is 4.60. The molecule has 49 heavy (non-hydrogen) atoms. The summed E-state index contributed by atoms with van der Waals surface area (Å²) in [5, 5.41) is 10.1. The third-order valence-corrected chi connectivity index (χ3v) is 6.65. The molecule has 12 heteroatoms. The molecule has 6 rings (SSSR count). The minimum atomic E-state index is -4.94. The second-order valence-electron chi connectivity index (χ2n) is 10.3. The summed E-state index contributed by atoms with van der Waals surface area (Å²) < 4.78 is 34.0. The van der Waals surface area contributed by atoms with E-state index in [0.29, 0.717) is 13.1 Å². The SMILES string of the molecule is O=C([O-])c1ccccc1.[Co+3].[O-][Cl+3]([O-])([O-])[O-].c1ccc(-c2cccc(CN(Cc3ccccn3)Cc3cccc(-c4ccccc4)n3)n2)cc1. The van der Waals surface area contributed by atoms with Crippen molar-refractivity contribution in [2.24, 2.45) is 0 Å². The molecule has 3 heterocycles. The molecular formula is C37H31ClCoN4O6+. The van der Waals surface area contributed by atoms with Crippen LogP contribution in [-0.2, 0) is 36.4 Å². The minimum absolute atomic E-state index is 0. The molecule has 3 aromatic carbocycles. The number of halogens is 1. The molecule has 0 fully saturated rings. The van der Waals surface area contributed by atoms with Crippen molar-refractivity contribution in [3.63, 3.8) is 0 Å². The third-order valence-electron chi connectivity index (χ3n) is 6.65. The van der Waals surface area contributed by atoms with E-state index in [1.807, 2.05) is 54.7 Å². The van der Waals surface area contributed by atoms with Gasteiger partial charge in [-0.15, -0.1) is 10.2 Å². The van der Waals surface area contributed by atoms with Crippen molar-refractivity contribution >= 4 is 5.97 Å². The van der Waals surface area contributed by atoms with Crippen LogP contribution in [0, 0.1) is 10.2 Å². The van der Waals surface area contributed by atoms with Crippen LogP contribution in [0.15, 0.2) is 152 Å². The van der Waals surface area contributed by atoms with Gasteiger partial charge < -0.3 is 9.90 Å². The molecule has 0 saturated heterocycles. The molecule has 3 aromatic heterocycles. The predicted molar refractivity (Wildman–Crippen MR) is 167 cm³/mol. The number of nitrogens with zero attached hydrogens (tertiary/aromatic N) is 4. The van der Waals surface area contributed by atoms with Gasteiger partial charge in [0.2, 0.25) is 0 Å². The van der Waals surface area contributed by atoms with E-state index in [0.717, 1.165) is 46.1 Å². The van der Waals surface area contributed by atoms with Crippen LogP contribution in [0.1, 0.15) is 27.4 Å². The maximum Gasteiger partial charge on any atom is 3.00 e. The molecule has 250 valence electrons. The molecule has 0 N–H and O–H groups in total. The summed E-state index contributed by atoms with van der Waals surface area (Å²) in [4.78, 5) is 26.9. The summed E-state index contributed by atoms with van der Waals surface area (Å²) in [7, 11) is -4.94. The van der Waals surface area contributed by atoms with Gasteiger partial charge in [0, 0.05) is 37.0 Å². The zero-order valence-corrected chi connectivity index (χ0v) is 27.8. The Labute approximate surface area is 297 Å². The summed E-state index contributed by atoms with van der Waals surface area (Å²) in [5.41, 5.74) is 7.52. The van der Waals surface area contributed by atoms with Crippen molar-refractivity contribution in [2.75, 3.05) is 0 Å². The average Bonchev–Trinajstić information content (AvgIpc) is 3.10. The number of aromatic carboxylic acids is 1. The number of carboxylic acid groups (broad SMARTS) is 1. The molecule has 0 aliphatic rings. The first-order valence-corrected chi connectivity index (χ1v) is 15.9. The van der Waals surface area contributed by atoms with Crippen LogP contribution in [-0.4, -0.2) is 25.8 Å². The van der Waals surface area contributed by atoms with Gasteiger partial charge in [-0.2, -0.15) is 0 Å². The Balaban J connectivity index is 0.000000363. The van der Waals surface area contributed by atoms with Crippen molar-refractivity contribution in [1.82, 2.24) is 19.9 Å². The topological polar surface area (TPSA) is 174 Å². The Kier molecular flexibility index (Phi) is 15.7. The number of benzene rings is 3. The van der Waals surface area contributed by atoms with Gasteiger partial charge >= 0.3 is 16.8 Å². The number of carboxylic acids is 1. The maximum atomic E-state index is 10.1. The first kappa shape index (κ1) is 38.6. The van der Waals surface area contributed by atoms with Crippen molar-refractivity contribution < 1.29 is 55.6 Å². The molecule has 6 aromatic rings. The molecule has 0 saturated carbocycles. The number of rotatable bonds is 9. The van der Waals surface area contributed by atoms with Crippen molar-refractivity contribution in [1.29, 1.82) is 0 Å². The van der Waals surface area contributed by atoms with Crippen molar-refractivity contribution in [2.45, 2.75) is 19.6 Å². The van der Waals surface area contributed by atoms with Gasteiger partial charge in [-0.05, 0) is 42.0 Å². The summed E-state index contributed by atoms with van der Waals surface area (Å²) in [6, 6.07) is 47.2. The van der Waals surface area contributed by atoms with Gasteiger partial charge in [0.25, 0.3) is 0 Å². The number of carbonyl (C=O) groups excluding carboxylic acids is 1. The Morgan fingerprint density at radius 1 is 0.531 bits per heavy atom. The van der Waals surface area contributed by atoms with Crippen molar-refractivity contribution in [3.05, 3.63) is 174 Å². The zero-order chi connectivity index (χ0) is 34.2. The van der Waals surface area contributed by atoms with Crippen LogP contribution in [0.25, 0.3) is 22.5 Å². The average molecular weight is 722 g/mol. The first-order valence-electron chi connectivity index (χ1n) is 14.7. The zero-order valence-electron chi connectivity index (χ0n) is 26.0. The van der Waals surface area contributed by atoms with E-state index in [-0.39, 0.29) is 22.3 Å². The Bertz CT molecular complexity index is 1740. The van der Waals surface area contributed by atoms with E-state index in [1.54, 1.807) is 18.2 Å². The molecular weight excluding hydrogens is 691 g/mol. The number of hydrogen-bond acceptors (Lipinski definition) is 10. The van der Waals surface area contributed by atoms with Crippen LogP contribution < -0.4 is 23.7 Å². The van der Waals surface area contributed by atoms with E-state index < -0.39 is 16.2 Å². The second kappa shape index (κ2) is 19.9. The van der Waals surface area contributed by atoms with Gasteiger partial charge in [-0.3, -0.25) is 19.9 Å². The molecule has 0 spiro atoms. The Morgan fingerprint density at radius 2 is 0.918 bits per heavy atom. The fraction of sp³-hybridized carbons (Fsp3) is 0.0811. The van der Waals surface area contributed by atoms with Crippen LogP contribution >= 0.6 is 0 Å². The standard InChI is InChI=1S/C30H26N4.C7H6O2.ClHO4.Co/c1-3-11-24(12-4-1)29-18-9-16-27(32-29)22-34(21-26-15-7-8-20-31-26)23-28-17-10-19-30(33-28)25-13-5-2-6-14-25;8-7(9)6-4-2-1-3-5-6;2-1(3,4)5;/h1-20H,21-23H2;1-5H,(H,8,9);(H,2,3,4,5);/q;;;+3/p-2. The Morgan fingerprint density at radius 3 is 1.31 bits per heavy atom. The molecule has 0 atom stereocenters. The second-order valence-corrected chi connectivity index (χ2v) is 11.0. The monoisotopic (exact) mass is 721 g/mol. The van der Waals surface area contributed by atoms with E-state index in [2.05, 4.69) is 76.6 Å². The van der Waals surface area contributed by atoms with Gasteiger partial charge in [-0.1, -0.05) is 109 Å². The quantitative estimate of drug-likeness (QED) is 0.214. The summed E-state index contributed by atoms with van der Waals surface area (Å²) >= 11 is 0. The van der Waals surface area contributed by atoms with Crippen LogP contribution in [0.3, 0.4) is 0 Å². The van der Waals surface area contributed by atoms with Gasteiger partial charge in [0.15, 0.2) is 0 Å². The number of pyridine rings is 3. The molecule has 0 radical (unpaired) electrons. The number of hydrogen-bond donors (Lipinski definition) is 0. The molecule has 0 unspecified atom stereocenters. The third kappa shape index (κ3) is 14.5. The maximum absolute atomic E-state index is 10.1. The van der Waals surface area contributed by atoms with E-state index in [4.69, 9.17) is 28.6 Å². The van der Waals surface area contributed by atoms with E-state index in [1.165, 1.54) is 12.1 Å². The smallest absolute Gasteiger partial charge is 0.545 e. The minimum Gasteiger partial charge on any atom is -0.545 e. The number of carbonyl (C=O) groups is 1. The normalized spacial score (nSPS) is 10.5. The van der Waals surface area contributed by atoms with Crippen molar-refractivity contribution in [3.8, 4) is 22.5 Å². The molecule has 0 aliphatic carbocycles. The Hall–Kier alpha value is -4.82. The first-order chi connectivity index (χ1) is 23.1. The van der Waals surface area contributed by atoms with Gasteiger partial charge in [0.1, 0.15) is 0 Å².